The van der Waals surface area contributed by atoms with Crippen LogP contribution in [-0.2, 0) is 24.6 Å². The molecule has 1 spiro atoms. The first-order valence-electron chi connectivity index (χ1n) is 27.6. The fourth-order valence-electron chi connectivity index (χ4n) is 13.4. The standard InChI is InChI=1S/C56H72N12O5/c1-35(2)67-34-58-45-32-44(61-50(49(45)67)60-39-12-13-39)37-9-15-43-46(29-37)68(42-30-41(31-42)63-22-5-4-6-23-63)53(72)56(43)20-27-65(28-21-56)52(71)55(3)18-25-64(26-19-55)51(70)36-7-10-38(11-8-36)59-47-16-14-40(33-57-47)66-24-17-48(69)62-54(66)73/h9,14-16,29,32-36,38-39,41-42H,4-8,10-13,17-28,30-31H2,1-3H3,(H,57,59)(H,60,61)(H,62,69,73). The minimum absolute atomic E-state index is 0.0404. The van der Waals surface area contributed by atoms with E-state index in [1.165, 1.54) is 24.2 Å². The molecule has 0 atom stereocenters. The zero-order chi connectivity index (χ0) is 50.2. The second-order valence-corrected chi connectivity index (χ2v) is 23.3. The van der Waals surface area contributed by atoms with Crippen molar-refractivity contribution in [3.63, 3.8) is 0 Å². The highest BCUT2D eigenvalue weighted by atomic mass is 16.2. The number of aromatic nitrogens is 4. The summed E-state index contributed by atoms with van der Waals surface area (Å²) >= 11 is 0. The van der Waals surface area contributed by atoms with Gasteiger partial charge in [0, 0.05) is 91.9 Å². The molecule has 3 aliphatic carbocycles. The number of nitrogens with one attached hydrogen (secondary N) is 3. The van der Waals surface area contributed by atoms with Crippen LogP contribution in [0.1, 0.15) is 135 Å². The molecule has 73 heavy (non-hydrogen) atoms. The van der Waals surface area contributed by atoms with E-state index >= 15 is 4.79 Å². The van der Waals surface area contributed by atoms with Crippen LogP contribution in [0.5, 0.6) is 0 Å². The predicted octanol–water partition coefficient (Wildman–Crippen LogP) is 7.62. The summed E-state index contributed by atoms with van der Waals surface area (Å²) in [5.74, 6) is 1.82. The molecule has 3 N–H and O–H groups in total. The Bertz CT molecular complexity index is 2790. The number of nitrogens with zero attached hydrogens (tertiary/aromatic N) is 9. The zero-order valence-electron chi connectivity index (χ0n) is 42.9. The number of likely N-dealkylation sites (tertiary alicyclic amines) is 3. The van der Waals surface area contributed by atoms with Crippen molar-refractivity contribution in [2.24, 2.45) is 11.3 Å². The molecule has 4 saturated heterocycles. The number of fused-ring (bicyclic) bond motifs is 3. The van der Waals surface area contributed by atoms with Gasteiger partial charge in [-0.05, 0) is 147 Å². The quantitative estimate of drug-likeness (QED) is 0.135. The highest BCUT2D eigenvalue weighted by Crippen LogP contribution is 2.53. The van der Waals surface area contributed by atoms with Crippen molar-refractivity contribution in [2.75, 3.05) is 66.2 Å². The molecule has 8 heterocycles. The van der Waals surface area contributed by atoms with E-state index in [1.54, 1.807) is 6.20 Å². The van der Waals surface area contributed by atoms with Gasteiger partial charge < -0.3 is 34.8 Å². The predicted molar refractivity (Wildman–Crippen MR) is 280 cm³/mol. The van der Waals surface area contributed by atoms with Crippen LogP contribution < -0.4 is 25.8 Å². The van der Waals surface area contributed by atoms with E-state index in [-0.39, 0.29) is 54.1 Å². The number of carbonyl (C=O) groups excluding carboxylic acids is 5. The number of pyridine rings is 2. The summed E-state index contributed by atoms with van der Waals surface area (Å²) in [6.45, 7) is 11.2. The first-order chi connectivity index (χ1) is 35.3. The molecule has 1 aromatic carbocycles. The number of anilines is 4. The maximum Gasteiger partial charge on any atom is 0.328 e. The molecule has 0 bridgehead atoms. The van der Waals surface area contributed by atoms with Crippen LogP contribution in [0.4, 0.5) is 27.8 Å². The van der Waals surface area contributed by atoms with Gasteiger partial charge in [0.05, 0.1) is 34.8 Å². The molecule has 6 amide bonds. The Morgan fingerprint density at radius 2 is 1.48 bits per heavy atom. The van der Waals surface area contributed by atoms with Gasteiger partial charge in [-0.25, -0.2) is 19.7 Å². The second-order valence-electron chi connectivity index (χ2n) is 23.3. The summed E-state index contributed by atoms with van der Waals surface area (Å²) in [5.41, 5.74) is 5.28. The molecule has 5 aliphatic heterocycles. The topological polar surface area (TPSA) is 181 Å². The first-order valence-corrected chi connectivity index (χ1v) is 27.6. The Balaban J connectivity index is 0.691. The Morgan fingerprint density at radius 3 is 2.16 bits per heavy atom. The highest BCUT2D eigenvalue weighted by molar-refractivity contribution is 6.10. The summed E-state index contributed by atoms with van der Waals surface area (Å²) in [5, 5.41) is 9.57. The molecule has 7 fully saturated rings. The van der Waals surface area contributed by atoms with Crippen LogP contribution in [0.2, 0.25) is 0 Å². The maximum atomic E-state index is 15.3. The average Bonchev–Trinajstić information content (AvgIpc) is 4.06. The number of carbonyl (C=O) groups is 5. The number of amides is 6. The van der Waals surface area contributed by atoms with Crippen molar-refractivity contribution in [3.05, 3.63) is 54.5 Å². The lowest BCUT2D eigenvalue weighted by atomic mass is 9.72. The second kappa shape index (κ2) is 19.0. The maximum absolute atomic E-state index is 15.3. The van der Waals surface area contributed by atoms with Gasteiger partial charge in [-0.15, -0.1) is 0 Å². The fourth-order valence-corrected chi connectivity index (χ4v) is 13.4. The van der Waals surface area contributed by atoms with Crippen molar-refractivity contribution in [2.45, 2.75) is 159 Å². The summed E-state index contributed by atoms with van der Waals surface area (Å²) in [6.07, 6.45) is 17.6. The summed E-state index contributed by atoms with van der Waals surface area (Å²) in [7, 11) is 0. The Kier molecular flexibility index (Phi) is 12.5. The van der Waals surface area contributed by atoms with Crippen LogP contribution in [0.15, 0.2) is 48.9 Å². The van der Waals surface area contributed by atoms with Gasteiger partial charge in [0.25, 0.3) is 0 Å². The summed E-state index contributed by atoms with van der Waals surface area (Å²) < 4.78 is 2.20. The number of hydrogen-bond donors (Lipinski definition) is 3. The van der Waals surface area contributed by atoms with Crippen molar-refractivity contribution in [3.8, 4) is 11.3 Å². The number of hydrogen-bond acceptors (Lipinski definition) is 11. The molecular weight excluding hydrogens is 921 g/mol. The van der Waals surface area contributed by atoms with Gasteiger partial charge in [-0.3, -0.25) is 29.4 Å². The van der Waals surface area contributed by atoms with Gasteiger partial charge in [-0.2, -0.15) is 0 Å². The van der Waals surface area contributed by atoms with Crippen LogP contribution in [0.3, 0.4) is 0 Å². The molecule has 3 aromatic heterocycles. The number of imide groups is 1. The van der Waals surface area contributed by atoms with Crippen LogP contribution in [-0.4, -0.2) is 134 Å². The van der Waals surface area contributed by atoms with Crippen molar-refractivity contribution in [1.82, 2.24) is 39.5 Å². The average molecular weight is 993 g/mol. The van der Waals surface area contributed by atoms with Crippen LogP contribution in [0.25, 0.3) is 22.3 Å². The fraction of sp³-hybridized carbons (Fsp3) is 0.607. The Morgan fingerprint density at radius 1 is 0.767 bits per heavy atom. The normalized spacial score (nSPS) is 26.3. The molecular formula is C56H72N12O5. The molecule has 17 heteroatoms. The third kappa shape index (κ3) is 8.90. The minimum atomic E-state index is -0.685. The van der Waals surface area contributed by atoms with Crippen molar-refractivity contribution >= 4 is 63.7 Å². The molecule has 3 saturated carbocycles. The summed E-state index contributed by atoms with van der Waals surface area (Å²) in [6, 6.07) is 13.5. The van der Waals surface area contributed by atoms with Crippen molar-refractivity contribution < 1.29 is 24.0 Å². The van der Waals surface area contributed by atoms with E-state index in [1.807, 2.05) is 28.3 Å². The van der Waals surface area contributed by atoms with Gasteiger partial charge in [-0.1, -0.05) is 25.5 Å². The molecule has 8 aliphatic rings. The summed E-state index contributed by atoms with van der Waals surface area (Å²) in [4.78, 5) is 92.7. The van der Waals surface area contributed by atoms with E-state index in [9.17, 15) is 19.2 Å². The molecule has 12 rings (SSSR count). The van der Waals surface area contributed by atoms with Gasteiger partial charge >= 0.3 is 6.03 Å². The van der Waals surface area contributed by atoms with Gasteiger partial charge in [0.1, 0.15) is 11.3 Å². The third-order valence-electron chi connectivity index (χ3n) is 18.2. The molecule has 386 valence electrons. The molecule has 17 nitrogen and oxygen atoms in total. The van der Waals surface area contributed by atoms with E-state index in [0.29, 0.717) is 76.2 Å². The lowest BCUT2D eigenvalue weighted by Gasteiger charge is -2.48. The van der Waals surface area contributed by atoms with Gasteiger partial charge in [0.2, 0.25) is 23.6 Å². The first kappa shape index (κ1) is 47.9. The number of rotatable bonds is 11. The SMILES string of the molecule is CC(C)n1cnc2cc(-c3ccc4c(c3)N(C3CC(N5CCCCC5)C3)C(=O)C43CCN(C(=O)C4(C)CCN(C(=O)C5CCC(Nc6ccc(N7CCC(=O)NC7=O)cn6)CC5)CC4)CC3)nc(NC3CC3)c21. The molecule has 4 aromatic rings. The van der Waals surface area contributed by atoms with Gasteiger partial charge in [0.15, 0.2) is 5.82 Å². The minimum Gasteiger partial charge on any atom is -0.367 e. The van der Waals surface area contributed by atoms with Crippen LogP contribution >= 0.6 is 0 Å². The smallest absolute Gasteiger partial charge is 0.328 e. The lowest BCUT2D eigenvalue weighted by Crippen LogP contribution is -2.59. The van der Waals surface area contributed by atoms with Crippen molar-refractivity contribution in [1.29, 1.82) is 0 Å². The van der Waals surface area contributed by atoms with Crippen LogP contribution in [0, 0.1) is 11.3 Å². The van der Waals surface area contributed by atoms with E-state index in [4.69, 9.17) is 9.97 Å². The number of urea groups is 1. The number of imidazole rings is 1. The molecule has 0 unspecified atom stereocenters. The lowest BCUT2D eigenvalue weighted by molar-refractivity contribution is -0.150. The zero-order valence-corrected chi connectivity index (χ0v) is 42.9. The number of benzene rings is 1. The van der Waals surface area contributed by atoms with E-state index in [2.05, 4.69) is 80.3 Å². The van der Waals surface area contributed by atoms with E-state index < -0.39 is 16.9 Å². The number of piperidine rings is 3. The highest BCUT2D eigenvalue weighted by Gasteiger charge is 2.56. The Labute approximate surface area is 428 Å². The monoisotopic (exact) mass is 993 g/mol. The largest absolute Gasteiger partial charge is 0.367 e. The van der Waals surface area contributed by atoms with E-state index in [0.717, 1.165) is 110 Å². The molecule has 0 radical (unpaired) electrons. The Hall–Kier alpha value is -6.10. The third-order valence-corrected chi connectivity index (χ3v) is 18.2.